The first-order valence-corrected chi connectivity index (χ1v) is 4.96. The number of nitrogens with zero attached hydrogens (tertiary/aromatic N) is 2. The molecule has 0 atom stereocenters. The van der Waals surface area contributed by atoms with Crippen LogP contribution in [0.2, 0.25) is 0 Å². The third kappa shape index (κ3) is 5.03. The van der Waals surface area contributed by atoms with Crippen LogP contribution in [0.5, 0.6) is 0 Å². The highest BCUT2D eigenvalue weighted by atomic mass is 16.5. The number of rotatable bonds is 6. The summed E-state index contributed by atoms with van der Waals surface area (Å²) in [5, 5.41) is 10.8. The zero-order valence-corrected chi connectivity index (χ0v) is 9.34. The van der Waals surface area contributed by atoms with Crippen LogP contribution in [0.1, 0.15) is 16.2 Å². The SMILES string of the molecule is Cc1cnc(C(=O)NCCOCC(=O)O)cn1. The van der Waals surface area contributed by atoms with Gasteiger partial charge in [0.2, 0.25) is 0 Å². The molecule has 0 radical (unpaired) electrons. The van der Waals surface area contributed by atoms with E-state index in [0.717, 1.165) is 5.69 Å². The Hall–Kier alpha value is -2.02. The topological polar surface area (TPSA) is 101 Å². The number of aryl methyl sites for hydroxylation is 1. The number of carbonyl (C=O) groups excluding carboxylic acids is 1. The van der Waals surface area contributed by atoms with Gasteiger partial charge in [0.1, 0.15) is 12.3 Å². The summed E-state index contributed by atoms with van der Waals surface area (Å²) < 4.78 is 4.75. The first kappa shape index (κ1) is 13.0. The van der Waals surface area contributed by atoms with Gasteiger partial charge in [-0.1, -0.05) is 0 Å². The van der Waals surface area contributed by atoms with Gasteiger partial charge in [-0.3, -0.25) is 9.78 Å². The smallest absolute Gasteiger partial charge is 0.329 e. The van der Waals surface area contributed by atoms with E-state index >= 15 is 0 Å². The Morgan fingerprint density at radius 2 is 2.18 bits per heavy atom. The van der Waals surface area contributed by atoms with Gasteiger partial charge in [-0.05, 0) is 6.92 Å². The predicted molar refractivity (Wildman–Crippen MR) is 57.6 cm³/mol. The monoisotopic (exact) mass is 239 g/mol. The Morgan fingerprint density at radius 3 is 2.76 bits per heavy atom. The van der Waals surface area contributed by atoms with Gasteiger partial charge in [-0.25, -0.2) is 9.78 Å². The second-order valence-corrected chi connectivity index (χ2v) is 3.25. The van der Waals surface area contributed by atoms with Crippen molar-refractivity contribution in [2.24, 2.45) is 0 Å². The molecular formula is C10H13N3O4. The molecule has 0 aliphatic rings. The minimum atomic E-state index is -1.04. The zero-order chi connectivity index (χ0) is 12.7. The normalized spacial score (nSPS) is 9.94. The quantitative estimate of drug-likeness (QED) is 0.656. The van der Waals surface area contributed by atoms with Crippen molar-refractivity contribution in [3.63, 3.8) is 0 Å². The van der Waals surface area contributed by atoms with Crippen LogP contribution in [0.3, 0.4) is 0 Å². The molecule has 17 heavy (non-hydrogen) atoms. The maximum Gasteiger partial charge on any atom is 0.329 e. The van der Waals surface area contributed by atoms with Crippen LogP contribution < -0.4 is 5.32 Å². The minimum absolute atomic E-state index is 0.136. The van der Waals surface area contributed by atoms with E-state index < -0.39 is 5.97 Å². The zero-order valence-electron chi connectivity index (χ0n) is 9.34. The van der Waals surface area contributed by atoms with E-state index in [0.29, 0.717) is 0 Å². The Bertz CT molecular complexity index is 391. The van der Waals surface area contributed by atoms with Gasteiger partial charge >= 0.3 is 5.97 Å². The number of carboxylic acids is 1. The number of carboxylic acid groups (broad SMARTS) is 1. The number of ether oxygens (including phenoxy) is 1. The van der Waals surface area contributed by atoms with Crippen LogP contribution in [-0.2, 0) is 9.53 Å². The van der Waals surface area contributed by atoms with Crippen molar-refractivity contribution in [3.05, 3.63) is 23.8 Å². The van der Waals surface area contributed by atoms with Crippen molar-refractivity contribution in [2.75, 3.05) is 19.8 Å². The number of amides is 1. The van der Waals surface area contributed by atoms with Gasteiger partial charge < -0.3 is 15.2 Å². The maximum atomic E-state index is 11.5. The van der Waals surface area contributed by atoms with Crippen molar-refractivity contribution in [3.8, 4) is 0 Å². The fourth-order valence-electron chi connectivity index (χ4n) is 0.997. The number of hydrogen-bond acceptors (Lipinski definition) is 5. The fraction of sp³-hybridized carbons (Fsp3) is 0.400. The fourth-order valence-corrected chi connectivity index (χ4v) is 0.997. The predicted octanol–water partition coefficient (Wildman–Crippen LogP) is -0.384. The van der Waals surface area contributed by atoms with E-state index in [1.54, 1.807) is 6.92 Å². The highest BCUT2D eigenvalue weighted by Gasteiger charge is 2.06. The molecule has 1 rings (SSSR count). The molecule has 1 heterocycles. The molecule has 0 saturated heterocycles. The first-order chi connectivity index (χ1) is 8.09. The van der Waals surface area contributed by atoms with Crippen molar-refractivity contribution in [1.82, 2.24) is 15.3 Å². The average Bonchev–Trinajstić information content (AvgIpc) is 2.29. The molecule has 0 saturated carbocycles. The minimum Gasteiger partial charge on any atom is -0.480 e. The van der Waals surface area contributed by atoms with Gasteiger partial charge in [0, 0.05) is 12.7 Å². The summed E-state index contributed by atoms with van der Waals surface area (Å²) in [6.45, 7) is 1.76. The van der Waals surface area contributed by atoms with Gasteiger partial charge in [0.15, 0.2) is 0 Å². The molecule has 0 aromatic carbocycles. The molecule has 0 fully saturated rings. The molecule has 0 spiro atoms. The molecule has 7 heteroatoms. The van der Waals surface area contributed by atoms with Gasteiger partial charge in [0.05, 0.1) is 18.5 Å². The summed E-state index contributed by atoms with van der Waals surface area (Å²) in [6, 6.07) is 0. The molecular weight excluding hydrogens is 226 g/mol. The number of aliphatic carboxylic acids is 1. The van der Waals surface area contributed by atoms with E-state index in [2.05, 4.69) is 15.3 Å². The molecule has 1 amide bonds. The van der Waals surface area contributed by atoms with E-state index in [-0.39, 0.29) is 31.4 Å². The summed E-state index contributed by atoms with van der Waals surface area (Å²) >= 11 is 0. The second kappa shape index (κ2) is 6.54. The van der Waals surface area contributed by atoms with Crippen LogP contribution >= 0.6 is 0 Å². The third-order valence-electron chi connectivity index (χ3n) is 1.77. The second-order valence-electron chi connectivity index (χ2n) is 3.25. The third-order valence-corrected chi connectivity index (χ3v) is 1.77. The highest BCUT2D eigenvalue weighted by Crippen LogP contribution is 1.93. The van der Waals surface area contributed by atoms with Gasteiger partial charge in [0.25, 0.3) is 5.91 Å². The van der Waals surface area contributed by atoms with Gasteiger partial charge in [-0.2, -0.15) is 0 Å². The van der Waals surface area contributed by atoms with Crippen LogP contribution in [-0.4, -0.2) is 46.7 Å². The lowest BCUT2D eigenvalue weighted by Crippen LogP contribution is -2.28. The first-order valence-electron chi connectivity index (χ1n) is 4.96. The summed E-state index contributed by atoms with van der Waals surface area (Å²) in [5.41, 5.74) is 0.945. The van der Waals surface area contributed by atoms with E-state index in [4.69, 9.17) is 9.84 Å². The number of hydrogen-bond donors (Lipinski definition) is 2. The highest BCUT2D eigenvalue weighted by molar-refractivity contribution is 5.91. The van der Waals surface area contributed by atoms with Crippen LogP contribution in [0.25, 0.3) is 0 Å². The number of carbonyl (C=O) groups is 2. The summed E-state index contributed by atoms with van der Waals surface area (Å²) in [4.78, 5) is 29.4. The van der Waals surface area contributed by atoms with E-state index in [1.807, 2.05) is 0 Å². The Kier molecular flexibility index (Phi) is 5.02. The van der Waals surface area contributed by atoms with E-state index in [1.165, 1.54) is 12.4 Å². The molecule has 0 bridgehead atoms. The lowest BCUT2D eigenvalue weighted by atomic mass is 10.4. The molecule has 1 aromatic heterocycles. The summed E-state index contributed by atoms with van der Waals surface area (Å²) in [6.07, 6.45) is 2.87. The van der Waals surface area contributed by atoms with Crippen LogP contribution in [0.4, 0.5) is 0 Å². The molecule has 0 aliphatic heterocycles. The van der Waals surface area contributed by atoms with Gasteiger partial charge in [-0.15, -0.1) is 0 Å². The Labute approximate surface area is 97.8 Å². The standard InChI is InChI=1S/C10H13N3O4/c1-7-4-13-8(5-12-7)10(16)11-2-3-17-6-9(14)15/h4-5H,2-3,6H2,1H3,(H,11,16)(H,14,15). The lowest BCUT2D eigenvalue weighted by molar-refractivity contribution is -0.142. The molecule has 92 valence electrons. The summed E-state index contributed by atoms with van der Waals surface area (Å²) in [5.74, 6) is -1.41. The number of nitrogens with one attached hydrogen (secondary N) is 1. The van der Waals surface area contributed by atoms with Crippen LogP contribution in [0.15, 0.2) is 12.4 Å². The van der Waals surface area contributed by atoms with Crippen molar-refractivity contribution in [2.45, 2.75) is 6.92 Å². The average molecular weight is 239 g/mol. The Balaban J connectivity index is 2.25. The molecule has 7 nitrogen and oxygen atoms in total. The molecule has 0 unspecified atom stereocenters. The Morgan fingerprint density at radius 1 is 1.41 bits per heavy atom. The van der Waals surface area contributed by atoms with Crippen molar-refractivity contribution >= 4 is 11.9 Å². The van der Waals surface area contributed by atoms with Crippen molar-refractivity contribution in [1.29, 1.82) is 0 Å². The number of aromatic nitrogens is 2. The molecule has 1 aromatic rings. The maximum absolute atomic E-state index is 11.5. The molecule has 2 N–H and O–H groups in total. The lowest BCUT2D eigenvalue weighted by Gasteiger charge is -2.04. The largest absolute Gasteiger partial charge is 0.480 e. The molecule has 0 aliphatic carbocycles. The van der Waals surface area contributed by atoms with Crippen LogP contribution in [0, 0.1) is 6.92 Å². The van der Waals surface area contributed by atoms with E-state index in [9.17, 15) is 9.59 Å². The van der Waals surface area contributed by atoms with Crippen molar-refractivity contribution < 1.29 is 19.4 Å². The summed E-state index contributed by atoms with van der Waals surface area (Å²) in [7, 11) is 0.